The van der Waals surface area contributed by atoms with Gasteiger partial charge in [-0.3, -0.25) is 0 Å². The smallest absolute Gasteiger partial charge is 0.129 e. The minimum atomic E-state index is 0.325. The summed E-state index contributed by atoms with van der Waals surface area (Å²) in [4.78, 5) is 15.7. The zero-order valence-electron chi connectivity index (χ0n) is 11.0. The van der Waals surface area contributed by atoms with Gasteiger partial charge in [-0.2, -0.15) is 0 Å². The first-order valence-corrected chi connectivity index (χ1v) is 6.48. The first-order valence-electron chi connectivity index (χ1n) is 6.48. The normalized spacial score (nSPS) is 19.2. The lowest BCUT2D eigenvalue weighted by Crippen LogP contribution is -2.42. The Kier molecular flexibility index (Phi) is 5.99. The number of nitrogens with zero attached hydrogens (tertiary/aromatic N) is 2. The quantitative estimate of drug-likeness (QED) is 0.645. The van der Waals surface area contributed by atoms with Crippen molar-refractivity contribution in [3.8, 4) is 0 Å². The van der Waals surface area contributed by atoms with Crippen LogP contribution in [0.25, 0.3) is 0 Å². The highest BCUT2D eigenvalue weighted by Gasteiger charge is 2.19. The van der Waals surface area contributed by atoms with Crippen LogP contribution in [-0.4, -0.2) is 55.4 Å². The van der Waals surface area contributed by atoms with Crippen molar-refractivity contribution in [1.82, 2.24) is 9.80 Å². The summed E-state index contributed by atoms with van der Waals surface area (Å²) in [7, 11) is 4.35. The maximum atomic E-state index is 10.8. The summed E-state index contributed by atoms with van der Waals surface area (Å²) in [5.74, 6) is 0.325. The van der Waals surface area contributed by atoms with Gasteiger partial charge in [0.1, 0.15) is 5.78 Å². The molecule has 0 bridgehead atoms. The van der Waals surface area contributed by atoms with E-state index in [1.165, 1.54) is 38.9 Å². The van der Waals surface area contributed by atoms with E-state index in [4.69, 9.17) is 0 Å². The van der Waals surface area contributed by atoms with Crippen LogP contribution in [0, 0.1) is 0 Å². The number of rotatable bonds is 6. The van der Waals surface area contributed by atoms with E-state index in [1.54, 1.807) is 6.92 Å². The number of likely N-dealkylation sites (tertiary alicyclic amines) is 1. The van der Waals surface area contributed by atoms with Gasteiger partial charge in [-0.1, -0.05) is 0 Å². The molecule has 1 aliphatic rings. The van der Waals surface area contributed by atoms with E-state index < -0.39 is 0 Å². The molecule has 3 nitrogen and oxygen atoms in total. The highest BCUT2D eigenvalue weighted by molar-refractivity contribution is 5.75. The molecule has 0 unspecified atom stereocenters. The van der Waals surface area contributed by atoms with Crippen molar-refractivity contribution in [2.75, 3.05) is 33.7 Å². The molecule has 1 aliphatic heterocycles. The first-order chi connectivity index (χ1) is 7.59. The molecule has 0 radical (unpaired) electrons. The number of piperidine rings is 1. The molecule has 1 heterocycles. The van der Waals surface area contributed by atoms with Crippen LogP contribution in [0.15, 0.2) is 0 Å². The maximum Gasteiger partial charge on any atom is 0.129 e. The van der Waals surface area contributed by atoms with Crippen molar-refractivity contribution in [1.29, 1.82) is 0 Å². The third kappa shape index (κ3) is 5.08. The number of hydrogen-bond donors (Lipinski definition) is 0. The van der Waals surface area contributed by atoms with Gasteiger partial charge >= 0.3 is 0 Å². The molecule has 0 aliphatic carbocycles. The summed E-state index contributed by atoms with van der Waals surface area (Å²) in [6, 6.07) is 0.772. The predicted molar refractivity (Wildman–Crippen MR) is 67.7 cm³/mol. The summed E-state index contributed by atoms with van der Waals surface area (Å²) in [5, 5.41) is 0. The lowest BCUT2D eigenvalue weighted by atomic mass is 10.0. The third-order valence-corrected chi connectivity index (χ3v) is 3.54. The second-order valence-electron chi connectivity index (χ2n) is 5.20. The Morgan fingerprint density at radius 2 is 1.88 bits per heavy atom. The van der Waals surface area contributed by atoms with Gasteiger partial charge in [0.2, 0.25) is 0 Å². The molecule has 0 aromatic heterocycles. The SMILES string of the molecule is CC(=O)CCCCN1CCC(N(C)C)CC1. The number of carbonyl (C=O) groups is 1. The highest BCUT2D eigenvalue weighted by Crippen LogP contribution is 2.14. The summed E-state index contributed by atoms with van der Waals surface area (Å²) < 4.78 is 0. The molecular formula is C13H26N2O. The lowest BCUT2D eigenvalue weighted by molar-refractivity contribution is -0.117. The number of ketones is 1. The van der Waals surface area contributed by atoms with Crippen LogP contribution in [0.5, 0.6) is 0 Å². The number of hydrogen-bond acceptors (Lipinski definition) is 3. The fourth-order valence-electron chi connectivity index (χ4n) is 2.37. The Labute approximate surface area is 99.8 Å². The van der Waals surface area contributed by atoms with Gasteiger partial charge in [-0.25, -0.2) is 0 Å². The van der Waals surface area contributed by atoms with Crippen LogP contribution in [0.1, 0.15) is 39.0 Å². The van der Waals surface area contributed by atoms with Gasteiger partial charge in [0.15, 0.2) is 0 Å². The van der Waals surface area contributed by atoms with Crippen LogP contribution >= 0.6 is 0 Å². The monoisotopic (exact) mass is 226 g/mol. The summed E-state index contributed by atoms with van der Waals surface area (Å²) >= 11 is 0. The van der Waals surface area contributed by atoms with Crippen molar-refractivity contribution in [3.63, 3.8) is 0 Å². The molecule has 0 N–H and O–H groups in total. The van der Waals surface area contributed by atoms with Gasteiger partial charge in [-0.05, 0) is 66.3 Å². The maximum absolute atomic E-state index is 10.8. The molecule has 3 heteroatoms. The fourth-order valence-corrected chi connectivity index (χ4v) is 2.37. The Morgan fingerprint density at radius 1 is 1.25 bits per heavy atom. The zero-order valence-corrected chi connectivity index (χ0v) is 11.0. The minimum absolute atomic E-state index is 0.325. The average molecular weight is 226 g/mol. The van der Waals surface area contributed by atoms with Crippen molar-refractivity contribution in [2.45, 2.75) is 45.1 Å². The van der Waals surface area contributed by atoms with Crippen molar-refractivity contribution < 1.29 is 4.79 Å². The van der Waals surface area contributed by atoms with Crippen LogP contribution in [-0.2, 0) is 4.79 Å². The van der Waals surface area contributed by atoms with Crippen molar-refractivity contribution in [2.24, 2.45) is 0 Å². The van der Waals surface area contributed by atoms with Gasteiger partial charge in [0.05, 0.1) is 0 Å². The third-order valence-electron chi connectivity index (χ3n) is 3.54. The minimum Gasteiger partial charge on any atom is -0.306 e. The van der Waals surface area contributed by atoms with E-state index in [9.17, 15) is 4.79 Å². The number of carbonyl (C=O) groups excluding carboxylic acids is 1. The summed E-state index contributed by atoms with van der Waals surface area (Å²) in [6.45, 7) is 5.31. The summed E-state index contributed by atoms with van der Waals surface area (Å²) in [6.07, 6.45) is 5.57. The molecule has 94 valence electrons. The summed E-state index contributed by atoms with van der Waals surface area (Å²) in [5.41, 5.74) is 0. The van der Waals surface area contributed by atoms with Gasteiger partial charge in [0.25, 0.3) is 0 Å². The Balaban J connectivity index is 2.06. The van der Waals surface area contributed by atoms with E-state index in [-0.39, 0.29) is 0 Å². The fraction of sp³-hybridized carbons (Fsp3) is 0.923. The van der Waals surface area contributed by atoms with E-state index >= 15 is 0 Å². The number of unbranched alkanes of at least 4 members (excludes halogenated alkanes) is 1. The Bertz CT molecular complexity index is 208. The topological polar surface area (TPSA) is 23.6 Å². The molecule has 1 fully saturated rings. The van der Waals surface area contributed by atoms with E-state index in [2.05, 4.69) is 23.9 Å². The van der Waals surface area contributed by atoms with Crippen LogP contribution < -0.4 is 0 Å². The molecule has 0 spiro atoms. The van der Waals surface area contributed by atoms with Gasteiger partial charge < -0.3 is 14.6 Å². The van der Waals surface area contributed by atoms with E-state index in [0.717, 1.165) is 18.9 Å². The molecule has 16 heavy (non-hydrogen) atoms. The van der Waals surface area contributed by atoms with Crippen LogP contribution in [0.4, 0.5) is 0 Å². The molecule has 0 aromatic carbocycles. The highest BCUT2D eigenvalue weighted by atomic mass is 16.1. The molecule has 0 amide bonds. The predicted octanol–water partition coefficient (Wildman–Crippen LogP) is 1.77. The van der Waals surface area contributed by atoms with Crippen molar-refractivity contribution in [3.05, 3.63) is 0 Å². The molecule has 0 saturated carbocycles. The standard InChI is InChI=1S/C13H26N2O/c1-12(16)6-4-5-9-15-10-7-13(8-11-15)14(2)3/h13H,4-11H2,1-3H3. The first kappa shape index (κ1) is 13.7. The second kappa shape index (κ2) is 7.02. The zero-order chi connectivity index (χ0) is 12.0. The molecule has 1 saturated heterocycles. The Morgan fingerprint density at radius 3 is 2.38 bits per heavy atom. The van der Waals surface area contributed by atoms with Gasteiger partial charge in [0, 0.05) is 12.5 Å². The van der Waals surface area contributed by atoms with Crippen LogP contribution in [0.3, 0.4) is 0 Å². The van der Waals surface area contributed by atoms with Gasteiger partial charge in [-0.15, -0.1) is 0 Å². The number of Topliss-reactive ketones (excluding diaryl/α,β-unsaturated/α-hetero) is 1. The lowest BCUT2D eigenvalue weighted by Gasteiger charge is -2.35. The molecule has 0 atom stereocenters. The average Bonchev–Trinajstić information content (AvgIpc) is 2.25. The molecule has 1 rings (SSSR count). The van der Waals surface area contributed by atoms with Crippen LogP contribution in [0.2, 0.25) is 0 Å². The Hall–Kier alpha value is -0.410. The largest absolute Gasteiger partial charge is 0.306 e. The second-order valence-corrected chi connectivity index (χ2v) is 5.20. The molecule has 0 aromatic rings. The van der Waals surface area contributed by atoms with E-state index in [0.29, 0.717) is 5.78 Å². The van der Waals surface area contributed by atoms with Crippen molar-refractivity contribution >= 4 is 5.78 Å². The van der Waals surface area contributed by atoms with E-state index in [1.807, 2.05) is 0 Å². The molecular weight excluding hydrogens is 200 g/mol.